The van der Waals surface area contributed by atoms with Crippen molar-refractivity contribution in [2.75, 3.05) is 6.61 Å². The maximum Gasteiger partial charge on any atom is 1.00 e. The standard InChI is InChI=1S/C6H13O9P.2Na.H2O/c7-1-2-3(8)4(9)5(10)6(14-2)15-16(11,12)13;;;/h2-10H,1H2,(H2,11,12,13);;;1H2/q;2*+1;/p-2. The SMILES string of the molecule is O.O=P([O-])([O-])OC1OC(CO)C(O)C(O)C1O.[Na+].[Na+]. The van der Waals surface area contributed by atoms with E-state index >= 15 is 0 Å². The van der Waals surface area contributed by atoms with Gasteiger partial charge in [0.1, 0.15) is 24.4 Å². The fourth-order valence-electron chi connectivity index (χ4n) is 1.28. The molecule has 0 amide bonds. The smallest absolute Gasteiger partial charge is 0.790 e. The van der Waals surface area contributed by atoms with E-state index in [1.165, 1.54) is 0 Å². The van der Waals surface area contributed by atoms with Crippen molar-refractivity contribution in [3.05, 3.63) is 0 Å². The van der Waals surface area contributed by atoms with Gasteiger partial charge in [-0.2, -0.15) is 0 Å². The summed E-state index contributed by atoms with van der Waals surface area (Å²) in [4.78, 5) is 20.6. The van der Waals surface area contributed by atoms with Crippen molar-refractivity contribution in [3.8, 4) is 0 Å². The van der Waals surface area contributed by atoms with E-state index in [0.717, 1.165) is 0 Å². The van der Waals surface area contributed by atoms with Crippen molar-refractivity contribution in [2.45, 2.75) is 30.7 Å². The number of hydrogen-bond donors (Lipinski definition) is 4. The number of rotatable bonds is 3. The Hall–Kier alpha value is 1.87. The van der Waals surface area contributed by atoms with E-state index in [-0.39, 0.29) is 64.6 Å². The Balaban J connectivity index is -0.000000853. The monoisotopic (exact) mass is 322 g/mol. The van der Waals surface area contributed by atoms with Gasteiger partial charge in [-0.1, -0.05) is 0 Å². The van der Waals surface area contributed by atoms with Crippen LogP contribution >= 0.6 is 7.82 Å². The first-order valence-corrected chi connectivity index (χ1v) is 5.73. The van der Waals surface area contributed by atoms with Crippen LogP contribution in [-0.2, 0) is 13.8 Å². The Kier molecular flexibility index (Phi) is 14.4. The molecule has 0 spiro atoms. The summed E-state index contributed by atoms with van der Waals surface area (Å²) in [5.41, 5.74) is 0. The molecule has 0 saturated carbocycles. The number of ether oxygens (including phenoxy) is 1. The molecule has 5 unspecified atom stereocenters. The fourth-order valence-corrected chi connectivity index (χ4v) is 1.71. The molecule has 0 aromatic carbocycles. The van der Waals surface area contributed by atoms with Crippen LogP contribution in [0.15, 0.2) is 0 Å². The maximum atomic E-state index is 10.3. The number of phosphoric acid groups is 1. The van der Waals surface area contributed by atoms with E-state index in [1.54, 1.807) is 0 Å². The van der Waals surface area contributed by atoms with E-state index in [0.29, 0.717) is 0 Å². The van der Waals surface area contributed by atoms with Crippen LogP contribution in [0.25, 0.3) is 0 Å². The molecule has 1 rings (SSSR count). The van der Waals surface area contributed by atoms with Gasteiger partial charge in [-0.15, -0.1) is 0 Å². The Bertz CT molecular complexity index is 285. The molecular weight excluding hydrogens is 309 g/mol. The minimum absolute atomic E-state index is 0. The van der Waals surface area contributed by atoms with Gasteiger partial charge in [0.2, 0.25) is 0 Å². The zero-order valence-electron chi connectivity index (χ0n) is 10.4. The number of hydrogen-bond acceptors (Lipinski definition) is 9. The molecule has 0 aromatic heterocycles. The second-order valence-corrected chi connectivity index (χ2v) is 4.36. The molecule has 5 atom stereocenters. The topological polar surface area (TPSA) is 194 Å². The van der Waals surface area contributed by atoms with Crippen molar-refractivity contribution in [1.82, 2.24) is 0 Å². The van der Waals surface area contributed by atoms with E-state index in [4.69, 9.17) is 5.11 Å². The van der Waals surface area contributed by atoms with E-state index in [1.807, 2.05) is 0 Å². The van der Waals surface area contributed by atoms with E-state index in [9.17, 15) is 29.7 Å². The number of aliphatic hydroxyl groups excluding tert-OH is 4. The third-order valence-electron chi connectivity index (χ3n) is 2.08. The van der Waals surface area contributed by atoms with Crippen LogP contribution in [0.5, 0.6) is 0 Å². The van der Waals surface area contributed by atoms with Crippen molar-refractivity contribution in [2.24, 2.45) is 0 Å². The number of phosphoric ester groups is 1. The molecule has 1 fully saturated rings. The quantitative estimate of drug-likeness (QED) is 0.288. The van der Waals surface area contributed by atoms with Gasteiger partial charge in [-0.3, -0.25) is 0 Å². The molecule has 6 N–H and O–H groups in total. The average Bonchev–Trinajstić information content (AvgIpc) is 2.17. The molecule has 0 radical (unpaired) electrons. The van der Waals surface area contributed by atoms with Gasteiger partial charge in [0, 0.05) is 0 Å². The van der Waals surface area contributed by atoms with Crippen LogP contribution in [0.2, 0.25) is 0 Å². The largest absolute Gasteiger partial charge is 1.00 e. The Morgan fingerprint density at radius 1 is 1.11 bits per heavy atom. The molecular formula is C6H13Na2O10P. The van der Waals surface area contributed by atoms with E-state index < -0.39 is 45.1 Å². The second kappa shape index (κ2) is 10.6. The summed E-state index contributed by atoms with van der Waals surface area (Å²) < 4.78 is 18.7. The molecule has 0 bridgehead atoms. The summed E-state index contributed by atoms with van der Waals surface area (Å²) in [5.74, 6) is 0. The zero-order valence-corrected chi connectivity index (χ0v) is 15.3. The fraction of sp³-hybridized carbons (Fsp3) is 1.00. The van der Waals surface area contributed by atoms with Crippen LogP contribution in [0.3, 0.4) is 0 Å². The Morgan fingerprint density at radius 2 is 1.58 bits per heavy atom. The first kappa shape index (κ1) is 25.8. The van der Waals surface area contributed by atoms with Crippen LogP contribution in [0.1, 0.15) is 0 Å². The van der Waals surface area contributed by atoms with E-state index in [2.05, 4.69) is 9.26 Å². The molecule has 13 heteroatoms. The molecule has 1 aliphatic rings. The van der Waals surface area contributed by atoms with Gasteiger partial charge in [-0.25, -0.2) is 0 Å². The van der Waals surface area contributed by atoms with Crippen LogP contribution in [0, 0.1) is 0 Å². The van der Waals surface area contributed by atoms with Gasteiger partial charge < -0.3 is 49.5 Å². The van der Waals surface area contributed by atoms with Gasteiger partial charge in [0.15, 0.2) is 6.29 Å². The molecule has 0 aliphatic carbocycles. The van der Waals surface area contributed by atoms with Gasteiger partial charge in [0.25, 0.3) is 0 Å². The Labute approximate surface area is 152 Å². The molecule has 10 nitrogen and oxygen atoms in total. The summed E-state index contributed by atoms with van der Waals surface area (Å²) >= 11 is 0. The van der Waals surface area contributed by atoms with Gasteiger partial charge in [0.05, 0.1) is 14.4 Å². The predicted octanol–water partition coefficient (Wildman–Crippen LogP) is -11.2. The second-order valence-electron chi connectivity index (χ2n) is 3.25. The predicted molar refractivity (Wildman–Crippen MR) is 46.1 cm³/mol. The molecule has 19 heavy (non-hydrogen) atoms. The summed E-state index contributed by atoms with van der Waals surface area (Å²) in [6.07, 6.45) is -8.61. The zero-order chi connectivity index (χ0) is 12.5. The molecule has 0 aromatic rings. The summed E-state index contributed by atoms with van der Waals surface area (Å²) in [6.45, 7) is -0.743. The molecule has 1 saturated heterocycles. The third-order valence-corrected chi connectivity index (χ3v) is 2.55. The normalized spacial score (nSPS) is 34.5. The van der Waals surface area contributed by atoms with Crippen LogP contribution in [-0.4, -0.2) is 63.2 Å². The number of aliphatic hydroxyl groups is 4. The van der Waals surface area contributed by atoms with Crippen LogP contribution in [0.4, 0.5) is 0 Å². The van der Waals surface area contributed by atoms with Gasteiger partial charge >= 0.3 is 59.1 Å². The van der Waals surface area contributed by atoms with Gasteiger partial charge in [-0.05, 0) is 0 Å². The van der Waals surface area contributed by atoms with Crippen molar-refractivity contribution in [1.29, 1.82) is 0 Å². The van der Waals surface area contributed by atoms with Crippen molar-refractivity contribution >= 4 is 7.82 Å². The Morgan fingerprint density at radius 3 is 1.95 bits per heavy atom. The maximum absolute atomic E-state index is 10.3. The summed E-state index contributed by atoms with van der Waals surface area (Å²) in [5, 5.41) is 36.5. The third kappa shape index (κ3) is 7.61. The van der Waals surface area contributed by atoms with Crippen molar-refractivity contribution < 1.29 is 109 Å². The van der Waals surface area contributed by atoms with Crippen molar-refractivity contribution in [3.63, 3.8) is 0 Å². The molecule has 1 heterocycles. The molecule has 104 valence electrons. The molecule has 1 aliphatic heterocycles. The summed E-state index contributed by atoms with van der Waals surface area (Å²) in [6, 6.07) is 0. The minimum atomic E-state index is -5.41. The summed E-state index contributed by atoms with van der Waals surface area (Å²) in [7, 11) is -5.41. The first-order chi connectivity index (χ1) is 7.26. The minimum Gasteiger partial charge on any atom is -0.790 e. The first-order valence-electron chi connectivity index (χ1n) is 4.27. The van der Waals surface area contributed by atoms with Crippen LogP contribution < -0.4 is 68.9 Å². The average molecular weight is 322 g/mol.